The minimum Gasteiger partial charge on any atom is -0.339 e. The van der Waals surface area contributed by atoms with Gasteiger partial charge >= 0.3 is 5.69 Å². The van der Waals surface area contributed by atoms with Crippen LogP contribution in [0, 0.1) is 12.3 Å². The number of aryl methyl sites for hydroxylation is 1. The Balaban J connectivity index is 2.79. The fourth-order valence-electron chi connectivity index (χ4n) is 1.57. The number of imidazole rings is 1. The van der Waals surface area contributed by atoms with Crippen LogP contribution >= 0.6 is 0 Å². The molecule has 0 unspecified atom stereocenters. The number of terminal acetylenes is 1. The van der Waals surface area contributed by atoms with E-state index in [1.54, 1.807) is 7.05 Å². The molecule has 0 aliphatic rings. The van der Waals surface area contributed by atoms with Crippen molar-refractivity contribution in [1.82, 2.24) is 19.1 Å². The van der Waals surface area contributed by atoms with Crippen LogP contribution < -0.4 is 11.2 Å². The zero-order valence-electron chi connectivity index (χ0n) is 8.73. The number of aromatic amines is 1. The van der Waals surface area contributed by atoms with Crippen molar-refractivity contribution >= 4 is 11.2 Å². The van der Waals surface area contributed by atoms with Crippen molar-refractivity contribution in [1.29, 1.82) is 0 Å². The Labute approximate surface area is 90.5 Å². The van der Waals surface area contributed by atoms with E-state index in [4.69, 9.17) is 6.42 Å². The lowest BCUT2D eigenvalue weighted by Crippen LogP contribution is -2.39. The zero-order chi connectivity index (χ0) is 11.7. The molecular weight excluding hydrogens is 208 g/mol. The fraction of sp³-hybridized carbons (Fsp3) is 0.300. The van der Waals surface area contributed by atoms with E-state index < -0.39 is 5.69 Å². The van der Waals surface area contributed by atoms with Gasteiger partial charge in [0, 0.05) is 20.0 Å². The van der Waals surface area contributed by atoms with Gasteiger partial charge in [-0.05, 0) is 0 Å². The van der Waals surface area contributed by atoms with Crippen molar-refractivity contribution < 1.29 is 0 Å². The van der Waals surface area contributed by atoms with E-state index in [-0.39, 0.29) is 12.1 Å². The van der Waals surface area contributed by atoms with Gasteiger partial charge in [0.05, 0.1) is 6.33 Å². The molecule has 0 radical (unpaired) electrons. The highest BCUT2D eigenvalue weighted by Crippen LogP contribution is 1.98. The van der Waals surface area contributed by atoms with E-state index in [1.165, 1.54) is 10.9 Å². The molecule has 2 aromatic rings. The van der Waals surface area contributed by atoms with Gasteiger partial charge in [-0.25, -0.2) is 9.78 Å². The number of fused-ring (bicyclic) bond motifs is 1. The van der Waals surface area contributed by atoms with Crippen molar-refractivity contribution in [3.63, 3.8) is 0 Å². The summed E-state index contributed by atoms with van der Waals surface area (Å²) in [4.78, 5) is 30.3. The average molecular weight is 218 g/mol. The second-order valence-electron chi connectivity index (χ2n) is 3.35. The summed E-state index contributed by atoms with van der Waals surface area (Å²) in [7, 11) is 1.57. The molecule has 2 heterocycles. The van der Waals surface area contributed by atoms with Gasteiger partial charge in [0.15, 0.2) is 5.65 Å². The van der Waals surface area contributed by atoms with Crippen molar-refractivity contribution in [3.05, 3.63) is 27.2 Å². The molecule has 0 saturated heterocycles. The Morgan fingerprint density at radius 1 is 1.56 bits per heavy atom. The first kappa shape index (κ1) is 10.2. The summed E-state index contributed by atoms with van der Waals surface area (Å²) >= 11 is 0. The topological polar surface area (TPSA) is 72.7 Å². The molecule has 0 aliphatic heterocycles. The predicted octanol–water partition coefficient (Wildman–Crippen LogP) is -0.553. The monoisotopic (exact) mass is 218 g/mol. The highest BCUT2D eigenvalue weighted by Gasteiger charge is 2.11. The van der Waals surface area contributed by atoms with E-state index in [9.17, 15) is 9.59 Å². The van der Waals surface area contributed by atoms with Crippen molar-refractivity contribution in [2.24, 2.45) is 7.05 Å². The second-order valence-corrected chi connectivity index (χ2v) is 3.35. The lowest BCUT2D eigenvalue weighted by Gasteiger charge is -2.05. The Kier molecular flexibility index (Phi) is 2.37. The summed E-state index contributed by atoms with van der Waals surface area (Å²) in [6.45, 7) is 0.219. The van der Waals surface area contributed by atoms with Crippen LogP contribution in [0.3, 0.4) is 0 Å². The van der Waals surface area contributed by atoms with Crippen LogP contribution in [0.1, 0.15) is 6.42 Å². The van der Waals surface area contributed by atoms with Crippen LogP contribution in [0.2, 0.25) is 0 Å². The van der Waals surface area contributed by atoms with Gasteiger partial charge in [0.25, 0.3) is 5.56 Å². The molecule has 0 fully saturated rings. The molecule has 0 saturated carbocycles. The van der Waals surface area contributed by atoms with Crippen LogP contribution in [-0.4, -0.2) is 19.1 Å². The predicted molar refractivity (Wildman–Crippen MR) is 59.0 cm³/mol. The Hall–Kier alpha value is -2.29. The van der Waals surface area contributed by atoms with E-state index in [1.807, 2.05) is 0 Å². The Morgan fingerprint density at radius 3 is 3.00 bits per heavy atom. The van der Waals surface area contributed by atoms with Crippen molar-refractivity contribution in [2.45, 2.75) is 13.0 Å². The summed E-state index contributed by atoms with van der Waals surface area (Å²) in [5.41, 5.74) is -0.114. The van der Waals surface area contributed by atoms with Crippen LogP contribution in [0.25, 0.3) is 11.2 Å². The fourth-order valence-corrected chi connectivity index (χ4v) is 1.57. The van der Waals surface area contributed by atoms with Gasteiger partial charge < -0.3 is 4.98 Å². The highest BCUT2D eigenvalue weighted by atomic mass is 16.2. The highest BCUT2D eigenvalue weighted by molar-refractivity contribution is 5.68. The SMILES string of the molecule is C#CCCn1c(=O)c2[nH]cnc2n(C)c1=O. The second kappa shape index (κ2) is 3.70. The number of aromatic nitrogens is 4. The molecule has 0 bridgehead atoms. The van der Waals surface area contributed by atoms with Crippen LogP contribution in [-0.2, 0) is 13.6 Å². The third-order valence-corrected chi connectivity index (χ3v) is 2.39. The molecule has 2 rings (SSSR count). The first-order valence-electron chi connectivity index (χ1n) is 4.73. The molecule has 0 aliphatic carbocycles. The number of nitrogens with zero attached hydrogens (tertiary/aromatic N) is 3. The molecule has 2 aromatic heterocycles. The minimum absolute atomic E-state index is 0.219. The van der Waals surface area contributed by atoms with E-state index in [2.05, 4.69) is 15.9 Å². The quantitative estimate of drug-likeness (QED) is 0.687. The number of H-pyrrole nitrogens is 1. The maximum Gasteiger partial charge on any atom is 0.332 e. The number of hydrogen-bond acceptors (Lipinski definition) is 3. The summed E-state index contributed by atoms with van der Waals surface area (Å²) < 4.78 is 2.43. The lowest BCUT2D eigenvalue weighted by molar-refractivity contribution is 0.615. The molecular formula is C10H10N4O2. The minimum atomic E-state index is -0.403. The first-order chi connectivity index (χ1) is 7.66. The maximum atomic E-state index is 11.9. The molecule has 0 atom stereocenters. The van der Waals surface area contributed by atoms with Gasteiger partial charge in [-0.15, -0.1) is 12.3 Å². The average Bonchev–Trinajstić information content (AvgIpc) is 2.75. The van der Waals surface area contributed by atoms with Gasteiger partial charge in [0.2, 0.25) is 0 Å². The Morgan fingerprint density at radius 2 is 2.31 bits per heavy atom. The summed E-state index contributed by atoms with van der Waals surface area (Å²) in [5, 5.41) is 0. The van der Waals surface area contributed by atoms with Crippen molar-refractivity contribution in [2.75, 3.05) is 0 Å². The normalized spacial score (nSPS) is 10.5. The number of hydrogen-bond donors (Lipinski definition) is 1. The molecule has 82 valence electrons. The summed E-state index contributed by atoms with van der Waals surface area (Å²) in [5.74, 6) is 2.40. The number of rotatable bonds is 2. The van der Waals surface area contributed by atoms with E-state index in [0.717, 1.165) is 4.57 Å². The summed E-state index contributed by atoms with van der Waals surface area (Å²) in [6, 6.07) is 0. The lowest BCUT2D eigenvalue weighted by atomic mass is 10.4. The van der Waals surface area contributed by atoms with Crippen molar-refractivity contribution in [3.8, 4) is 12.3 Å². The van der Waals surface area contributed by atoms with Gasteiger partial charge in [-0.2, -0.15) is 0 Å². The summed E-state index contributed by atoms with van der Waals surface area (Å²) in [6.07, 6.45) is 6.84. The molecule has 6 nitrogen and oxygen atoms in total. The molecule has 0 aromatic carbocycles. The first-order valence-corrected chi connectivity index (χ1v) is 4.73. The molecule has 0 amide bonds. The third-order valence-electron chi connectivity index (χ3n) is 2.39. The number of nitrogens with one attached hydrogen (secondary N) is 1. The molecule has 1 N–H and O–H groups in total. The van der Waals surface area contributed by atoms with Gasteiger partial charge in [0.1, 0.15) is 5.52 Å². The van der Waals surface area contributed by atoms with E-state index >= 15 is 0 Å². The van der Waals surface area contributed by atoms with Gasteiger partial charge in [-0.1, -0.05) is 0 Å². The van der Waals surface area contributed by atoms with E-state index in [0.29, 0.717) is 17.6 Å². The van der Waals surface area contributed by atoms with Gasteiger partial charge in [-0.3, -0.25) is 13.9 Å². The van der Waals surface area contributed by atoms with Crippen LogP contribution in [0.5, 0.6) is 0 Å². The smallest absolute Gasteiger partial charge is 0.332 e. The maximum absolute atomic E-state index is 11.9. The van der Waals surface area contributed by atoms with Crippen LogP contribution in [0.15, 0.2) is 15.9 Å². The molecule has 16 heavy (non-hydrogen) atoms. The third kappa shape index (κ3) is 1.34. The molecule has 6 heteroatoms. The molecule has 0 spiro atoms. The largest absolute Gasteiger partial charge is 0.339 e. The van der Waals surface area contributed by atoms with Crippen LogP contribution in [0.4, 0.5) is 0 Å². The zero-order valence-corrected chi connectivity index (χ0v) is 8.73. The standard InChI is InChI=1S/C10H10N4O2/c1-3-4-5-14-9(15)7-8(12-6-11-7)13(2)10(14)16/h1,6H,4-5H2,2H3,(H,11,12). The Bertz CT molecular complexity index is 683.